The largest absolute Gasteiger partial charge is 0.448 e. The van der Waals surface area contributed by atoms with Gasteiger partial charge in [-0.25, -0.2) is 4.98 Å². The fraction of sp³-hybridized carbons (Fsp3) is 0.240. The Kier molecular flexibility index (Phi) is 6.25. The molecule has 2 heterocycles. The van der Waals surface area contributed by atoms with E-state index in [1.54, 1.807) is 48.7 Å². The minimum absolute atomic E-state index is 0.0336. The number of carbonyl (C=O) groups excluding carboxylic acids is 3. The second kappa shape index (κ2) is 9.80. The number of benzene rings is 2. The highest BCUT2D eigenvalue weighted by Crippen LogP contribution is 2.39. The van der Waals surface area contributed by atoms with Crippen LogP contribution in [0.2, 0.25) is 0 Å². The zero-order chi connectivity index (χ0) is 24.2. The highest BCUT2D eigenvalue weighted by atomic mass is 16.3. The first-order valence-electron chi connectivity index (χ1n) is 11.4. The van der Waals surface area contributed by atoms with Crippen molar-refractivity contribution < 1.29 is 18.8 Å². The Balaban J connectivity index is 1.11. The summed E-state index contributed by atoms with van der Waals surface area (Å²) in [4.78, 5) is 41.0. The van der Waals surface area contributed by atoms with E-state index in [-0.39, 0.29) is 30.0 Å². The minimum Gasteiger partial charge on any atom is -0.448 e. The molecule has 1 aliphatic rings. The Labute approximate surface area is 200 Å². The van der Waals surface area contributed by atoms with Gasteiger partial charge >= 0.3 is 0 Å². The Bertz CT molecular complexity index is 1370. The summed E-state index contributed by atoms with van der Waals surface area (Å²) in [5, 5.41) is 13.5. The van der Waals surface area contributed by atoms with E-state index in [9.17, 15) is 14.4 Å². The van der Waals surface area contributed by atoms with Gasteiger partial charge in [-0.3, -0.25) is 19.1 Å². The summed E-state index contributed by atoms with van der Waals surface area (Å²) >= 11 is 0. The number of oxazole rings is 1. The molecule has 0 radical (unpaired) electrons. The topological polar surface area (TPSA) is 131 Å². The maximum absolute atomic E-state index is 12.5. The minimum atomic E-state index is -0.342. The molecular weight excluding hydrogens is 448 g/mol. The van der Waals surface area contributed by atoms with Crippen molar-refractivity contribution in [3.05, 3.63) is 78.1 Å². The molecule has 0 spiro atoms. The van der Waals surface area contributed by atoms with Gasteiger partial charge < -0.3 is 20.4 Å². The van der Waals surface area contributed by atoms with Crippen molar-refractivity contribution in [2.75, 3.05) is 18.4 Å². The van der Waals surface area contributed by atoms with E-state index < -0.39 is 0 Å². The van der Waals surface area contributed by atoms with E-state index in [0.29, 0.717) is 41.7 Å². The van der Waals surface area contributed by atoms with Crippen LogP contribution < -0.4 is 16.0 Å². The van der Waals surface area contributed by atoms with Crippen LogP contribution in [0.15, 0.2) is 65.4 Å². The first-order valence-corrected chi connectivity index (χ1v) is 11.4. The van der Waals surface area contributed by atoms with Crippen molar-refractivity contribution in [1.82, 2.24) is 25.4 Å². The molecule has 0 bridgehead atoms. The Morgan fingerprint density at radius 1 is 1.00 bits per heavy atom. The summed E-state index contributed by atoms with van der Waals surface area (Å²) in [7, 11) is 0. The lowest BCUT2D eigenvalue weighted by atomic mass is 10.2. The second-order valence-corrected chi connectivity index (χ2v) is 8.37. The smallest absolute Gasteiger partial charge is 0.277 e. The van der Waals surface area contributed by atoms with Crippen molar-refractivity contribution in [3.63, 3.8) is 0 Å². The standard InChI is InChI=1S/C25H24N6O4/c32-22(26-10-11-27-23(33)16-4-2-1-3-5-16)14-31-13-18-12-19(8-9-20(18)30-31)28-24(34)21-15-35-25(29-21)17-6-7-17/h1-5,8-9,12-13,15,17H,6-7,10-11,14H2,(H,26,32)(H,27,33)(H,28,34). The number of aromatic nitrogens is 3. The summed E-state index contributed by atoms with van der Waals surface area (Å²) in [6, 6.07) is 14.2. The summed E-state index contributed by atoms with van der Waals surface area (Å²) in [6.45, 7) is 0.655. The number of carbonyl (C=O) groups is 3. The average molecular weight is 473 g/mol. The lowest BCUT2D eigenvalue weighted by molar-refractivity contribution is -0.121. The van der Waals surface area contributed by atoms with Gasteiger partial charge in [-0.05, 0) is 43.2 Å². The molecule has 35 heavy (non-hydrogen) atoms. The number of anilines is 1. The van der Waals surface area contributed by atoms with Gasteiger partial charge in [-0.1, -0.05) is 18.2 Å². The van der Waals surface area contributed by atoms with Crippen LogP contribution in [0.3, 0.4) is 0 Å². The van der Waals surface area contributed by atoms with Gasteiger partial charge in [0.2, 0.25) is 5.91 Å². The molecule has 5 rings (SSSR count). The second-order valence-electron chi connectivity index (χ2n) is 8.37. The van der Waals surface area contributed by atoms with Crippen LogP contribution in [-0.2, 0) is 11.3 Å². The van der Waals surface area contributed by atoms with Gasteiger partial charge in [0.25, 0.3) is 11.8 Å². The Hall–Kier alpha value is -4.47. The molecule has 3 N–H and O–H groups in total. The zero-order valence-corrected chi connectivity index (χ0v) is 18.9. The van der Waals surface area contributed by atoms with Crippen molar-refractivity contribution in [2.45, 2.75) is 25.3 Å². The third kappa shape index (κ3) is 5.55. The van der Waals surface area contributed by atoms with E-state index in [0.717, 1.165) is 18.2 Å². The molecule has 0 atom stereocenters. The van der Waals surface area contributed by atoms with Crippen LogP contribution >= 0.6 is 0 Å². The normalized spacial score (nSPS) is 12.9. The molecule has 1 saturated carbocycles. The molecule has 3 amide bonds. The van der Waals surface area contributed by atoms with E-state index in [4.69, 9.17) is 4.42 Å². The fourth-order valence-electron chi connectivity index (χ4n) is 3.61. The molecule has 1 fully saturated rings. The summed E-state index contributed by atoms with van der Waals surface area (Å²) < 4.78 is 6.92. The molecule has 178 valence electrons. The molecule has 2 aromatic carbocycles. The van der Waals surface area contributed by atoms with Crippen LogP contribution in [0, 0.1) is 0 Å². The number of rotatable bonds is 9. The van der Waals surface area contributed by atoms with Gasteiger partial charge in [0.1, 0.15) is 12.8 Å². The van der Waals surface area contributed by atoms with Crippen LogP contribution in [-0.4, -0.2) is 45.6 Å². The maximum Gasteiger partial charge on any atom is 0.277 e. The molecule has 1 aliphatic carbocycles. The average Bonchev–Trinajstić information content (AvgIpc) is 3.45. The summed E-state index contributed by atoms with van der Waals surface area (Å²) in [5.41, 5.74) is 2.11. The maximum atomic E-state index is 12.5. The highest BCUT2D eigenvalue weighted by molar-refractivity contribution is 6.03. The van der Waals surface area contributed by atoms with Gasteiger partial charge in [0.05, 0.1) is 5.52 Å². The molecule has 10 nitrogen and oxygen atoms in total. The summed E-state index contributed by atoms with van der Waals surface area (Å²) in [5.74, 6) is 0.199. The van der Waals surface area contributed by atoms with E-state index in [1.807, 2.05) is 6.07 Å². The lowest BCUT2D eigenvalue weighted by Gasteiger charge is -2.07. The number of hydrogen-bond donors (Lipinski definition) is 3. The molecular formula is C25H24N6O4. The molecule has 4 aromatic rings. The van der Waals surface area contributed by atoms with Crippen LogP contribution in [0.5, 0.6) is 0 Å². The number of amides is 3. The van der Waals surface area contributed by atoms with Crippen LogP contribution in [0.4, 0.5) is 5.69 Å². The van der Waals surface area contributed by atoms with Crippen LogP contribution in [0.1, 0.15) is 45.5 Å². The number of fused-ring (bicyclic) bond motifs is 1. The molecule has 10 heteroatoms. The molecule has 0 unspecified atom stereocenters. The Morgan fingerprint density at radius 3 is 2.60 bits per heavy atom. The fourth-order valence-corrected chi connectivity index (χ4v) is 3.61. The third-order valence-corrected chi connectivity index (χ3v) is 5.57. The Morgan fingerprint density at radius 2 is 1.80 bits per heavy atom. The monoisotopic (exact) mass is 472 g/mol. The van der Waals surface area contributed by atoms with Gasteiger partial charge in [0, 0.05) is 41.8 Å². The quantitative estimate of drug-likeness (QED) is 0.321. The zero-order valence-electron chi connectivity index (χ0n) is 18.9. The summed E-state index contributed by atoms with van der Waals surface area (Å²) in [6.07, 6.45) is 5.21. The van der Waals surface area contributed by atoms with Crippen molar-refractivity contribution >= 4 is 34.3 Å². The SMILES string of the molecule is O=C(Cn1cc2cc(NC(=O)c3coc(C4CC4)n3)ccc2n1)NCCNC(=O)c1ccccc1. The first-order chi connectivity index (χ1) is 17.0. The molecule has 2 aromatic heterocycles. The number of nitrogens with one attached hydrogen (secondary N) is 3. The van der Waals surface area contributed by atoms with Gasteiger partial charge in [0.15, 0.2) is 11.6 Å². The predicted molar refractivity (Wildman–Crippen MR) is 128 cm³/mol. The van der Waals surface area contributed by atoms with Crippen molar-refractivity contribution in [1.29, 1.82) is 0 Å². The van der Waals surface area contributed by atoms with Crippen LogP contribution in [0.25, 0.3) is 10.9 Å². The van der Waals surface area contributed by atoms with Crippen molar-refractivity contribution in [3.8, 4) is 0 Å². The van der Waals surface area contributed by atoms with Crippen molar-refractivity contribution in [2.24, 2.45) is 0 Å². The molecule has 0 saturated heterocycles. The lowest BCUT2D eigenvalue weighted by Crippen LogP contribution is -2.36. The van der Waals surface area contributed by atoms with E-state index in [1.165, 1.54) is 10.9 Å². The highest BCUT2D eigenvalue weighted by Gasteiger charge is 2.29. The molecule has 0 aliphatic heterocycles. The van der Waals surface area contributed by atoms with Gasteiger partial charge in [-0.15, -0.1) is 0 Å². The van der Waals surface area contributed by atoms with Gasteiger partial charge in [-0.2, -0.15) is 5.10 Å². The predicted octanol–water partition coefficient (Wildman–Crippen LogP) is 2.70. The van der Waals surface area contributed by atoms with E-state index in [2.05, 4.69) is 26.0 Å². The first kappa shape index (κ1) is 22.3. The van der Waals surface area contributed by atoms with E-state index >= 15 is 0 Å². The number of nitrogens with zero attached hydrogens (tertiary/aromatic N) is 3. The third-order valence-electron chi connectivity index (χ3n) is 5.57. The number of hydrogen-bond acceptors (Lipinski definition) is 6.